The van der Waals surface area contributed by atoms with Crippen molar-refractivity contribution in [3.05, 3.63) is 69.9 Å². The average molecular weight is 349 g/mol. The van der Waals surface area contributed by atoms with Crippen LogP contribution in [0.1, 0.15) is 5.56 Å². The summed E-state index contributed by atoms with van der Waals surface area (Å²) in [6.07, 6.45) is -0.465. The van der Waals surface area contributed by atoms with Gasteiger partial charge in [0, 0.05) is 17.3 Å². The van der Waals surface area contributed by atoms with E-state index in [1.165, 1.54) is 24.3 Å². The molecule has 0 fully saturated rings. The lowest BCUT2D eigenvalue weighted by Gasteiger charge is -2.07. The van der Waals surface area contributed by atoms with Crippen molar-refractivity contribution in [3.63, 3.8) is 0 Å². The standard InChI is InChI=1S/C15H10F3N5O2/c16-11-7-13(18)12(17)5-8(11)6-14(24)19-9-1-3-10(4-2-9)23-15(25)20-21-22-23/h1-5,7H,6H2,(H,19,24)(H,20,22,25). The Bertz CT molecular complexity index is 982. The number of hydrogen-bond donors (Lipinski definition) is 2. The van der Waals surface area contributed by atoms with Gasteiger partial charge in [-0.1, -0.05) is 0 Å². The molecule has 0 atom stereocenters. The Morgan fingerprint density at radius 3 is 2.40 bits per heavy atom. The summed E-state index contributed by atoms with van der Waals surface area (Å²) in [4.78, 5) is 23.3. The summed E-state index contributed by atoms with van der Waals surface area (Å²) < 4.78 is 40.6. The van der Waals surface area contributed by atoms with Gasteiger partial charge in [0.25, 0.3) is 0 Å². The number of hydrogen-bond acceptors (Lipinski definition) is 4. The van der Waals surface area contributed by atoms with Gasteiger partial charge in [-0.25, -0.2) is 23.1 Å². The number of H-pyrrole nitrogens is 1. The normalized spacial score (nSPS) is 10.7. The Morgan fingerprint density at radius 2 is 1.76 bits per heavy atom. The zero-order chi connectivity index (χ0) is 18.0. The monoisotopic (exact) mass is 349 g/mol. The van der Waals surface area contributed by atoms with E-state index < -0.39 is 35.5 Å². The number of amides is 1. The number of aromatic amines is 1. The molecule has 0 saturated heterocycles. The van der Waals surface area contributed by atoms with Crippen molar-refractivity contribution >= 4 is 11.6 Å². The van der Waals surface area contributed by atoms with Crippen LogP contribution in [0.3, 0.4) is 0 Å². The van der Waals surface area contributed by atoms with Gasteiger partial charge in [0.1, 0.15) is 5.82 Å². The summed E-state index contributed by atoms with van der Waals surface area (Å²) in [5.74, 6) is -4.17. The van der Waals surface area contributed by atoms with Crippen LogP contribution in [-0.4, -0.2) is 26.1 Å². The fourth-order valence-electron chi connectivity index (χ4n) is 2.13. The zero-order valence-corrected chi connectivity index (χ0v) is 12.5. The number of nitrogens with zero attached hydrogens (tertiary/aromatic N) is 3. The van der Waals surface area contributed by atoms with Gasteiger partial charge in [0.05, 0.1) is 12.1 Å². The molecule has 0 saturated carbocycles. The van der Waals surface area contributed by atoms with Crippen molar-refractivity contribution in [2.75, 3.05) is 5.32 Å². The van der Waals surface area contributed by atoms with Crippen molar-refractivity contribution in [1.29, 1.82) is 0 Å². The van der Waals surface area contributed by atoms with Crippen LogP contribution in [0, 0.1) is 17.5 Å². The number of aromatic nitrogens is 4. The van der Waals surface area contributed by atoms with Crippen LogP contribution in [0.4, 0.5) is 18.9 Å². The SMILES string of the molecule is O=C(Cc1cc(F)c(F)cc1F)Nc1ccc(-n2nn[nH]c2=O)cc1. The lowest BCUT2D eigenvalue weighted by Crippen LogP contribution is -2.17. The maximum absolute atomic E-state index is 13.5. The average Bonchev–Trinajstić information content (AvgIpc) is 2.99. The second-order valence-corrected chi connectivity index (χ2v) is 5.05. The van der Waals surface area contributed by atoms with E-state index in [9.17, 15) is 22.8 Å². The summed E-state index contributed by atoms with van der Waals surface area (Å²) in [6.45, 7) is 0. The van der Waals surface area contributed by atoms with E-state index in [0.29, 0.717) is 23.5 Å². The van der Waals surface area contributed by atoms with Gasteiger partial charge in [-0.15, -0.1) is 0 Å². The summed E-state index contributed by atoms with van der Waals surface area (Å²) >= 11 is 0. The first-order chi connectivity index (χ1) is 11.9. The van der Waals surface area contributed by atoms with E-state index >= 15 is 0 Å². The first-order valence-electron chi connectivity index (χ1n) is 6.98. The van der Waals surface area contributed by atoms with Gasteiger partial charge in [-0.3, -0.25) is 4.79 Å². The van der Waals surface area contributed by atoms with Crippen LogP contribution >= 0.6 is 0 Å². The summed E-state index contributed by atoms with van der Waals surface area (Å²) in [5.41, 5.74) is 0.00412. The van der Waals surface area contributed by atoms with Crippen LogP contribution in [0.15, 0.2) is 41.2 Å². The minimum Gasteiger partial charge on any atom is -0.326 e. The number of carbonyl (C=O) groups excluding carboxylic acids is 1. The molecule has 2 N–H and O–H groups in total. The molecule has 0 radical (unpaired) electrons. The number of rotatable bonds is 4. The fourth-order valence-corrected chi connectivity index (χ4v) is 2.13. The van der Waals surface area contributed by atoms with Crippen molar-refractivity contribution in [1.82, 2.24) is 20.2 Å². The highest BCUT2D eigenvalue weighted by molar-refractivity contribution is 5.92. The highest BCUT2D eigenvalue weighted by Crippen LogP contribution is 2.16. The van der Waals surface area contributed by atoms with Crippen LogP contribution in [0.5, 0.6) is 0 Å². The van der Waals surface area contributed by atoms with E-state index in [1.807, 2.05) is 0 Å². The smallest absolute Gasteiger partial charge is 0.326 e. The third kappa shape index (κ3) is 3.57. The number of halogens is 3. The molecule has 25 heavy (non-hydrogen) atoms. The molecule has 0 unspecified atom stereocenters. The molecule has 128 valence electrons. The van der Waals surface area contributed by atoms with Crippen molar-refractivity contribution in [3.8, 4) is 5.69 Å². The maximum Gasteiger partial charge on any atom is 0.365 e. The molecule has 0 spiro atoms. The largest absolute Gasteiger partial charge is 0.365 e. The van der Waals surface area contributed by atoms with Gasteiger partial charge in [-0.2, -0.15) is 4.68 Å². The second kappa shape index (κ2) is 6.59. The van der Waals surface area contributed by atoms with E-state index in [2.05, 4.69) is 20.8 Å². The molecule has 10 heteroatoms. The highest BCUT2D eigenvalue weighted by atomic mass is 19.2. The topological polar surface area (TPSA) is 92.7 Å². The van der Waals surface area contributed by atoms with E-state index in [0.717, 1.165) is 4.68 Å². The van der Waals surface area contributed by atoms with Gasteiger partial charge in [0.15, 0.2) is 11.6 Å². The highest BCUT2D eigenvalue weighted by Gasteiger charge is 2.13. The van der Waals surface area contributed by atoms with Gasteiger partial charge in [-0.05, 0) is 40.8 Å². The Morgan fingerprint density at radius 1 is 1.08 bits per heavy atom. The molecular weight excluding hydrogens is 339 g/mol. The van der Waals surface area contributed by atoms with Crippen LogP contribution in [0.25, 0.3) is 5.69 Å². The van der Waals surface area contributed by atoms with Crippen molar-refractivity contribution < 1.29 is 18.0 Å². The van der Waals surface area contributed by atoms with E-state index in [4.69, 9.17) is 0 Å². The minimum absolute atomic E-state index is 0.262. The Labute approximate surface area is 138 Å². The number of tetrazole rings is 1. The molecule has 3 rings (SSSR count). The third-order valence-corrected chi connectivity index (χ3v) is 3.31. The lowest BCUT2D eigenvalue weighted by molar-refractivity contribution is -0.115. The quantitative estimate of drug-likeness (QED) is 0.699. The first kappa shape index (κ1) is 16.4. The third-order valence-electron chi connectivity index (χ3n) is 3.31. The predicted octanol–water partition coefficient (Wildman–Crippen LogP) is 1.55. The molecule has 7 nitrogen and oxygen atoms in total. The zero-order valence-electron chi connectivity index (χ0n) is 12.5. The molecule has 2 aromatic carbocycles. The summed E-state index contributed by atoms with van der Waals surface area (Å²) in [5, 5.41) is 11.5. The first-order valence-corrected chi connectivity index (χ1v) is 6.98. The van der Waals surface area contributed by atoms with Gasteiger partial charge < -0.3 is 5.32 Å². The van der Waals surface area contributed by atoms with Crippen molar-refractivity contribution in [2.24, 2.45) is 0 Å². The molecule has 1 aromatic heterocycles. The molecule has 0 aliphatic heterocycles. The van der Waals surface area contributed by atoms with Crippen LogP contribution < -0.4 is 11.0 Å². The molecular formula is C15H10F3N5O2. The van der Waals surface area contributed by atoms with E-state index in [-0.39, 0.29) is 5.56 Å². The molecule has 1 heterocycles. The molecule has 1 amide bonds. The summed E-state index contributed by atoms with van der Waals surface area (Å²) in [7, 11) is 0. The summed E-state index contributed by atoms with van der Waals surface area (Å²) in [6, 6.07) is 7.05. The Kier molecular flexibility index (Phi) is 4.33. The predicted molar refractivity (Wildman–Crippen MR) is 80.6 cm³/mol. The Balaban J connectivity index is 1.70. The van der Waals surface area contributed by atoms with E-state index in [1.54, 1.807) is 0 Å². The Hall–Kier alpha value is -3.43. The molecule has 3 aromatic rings. The number of benzene rings is 2. The van der Waals surface area contributed by atoms with Gasteiger partial charge in [0.2, 0.25) is 5.91 Å². The van der Waals surface area contributed by atoms with Gasteiger partial charge >= 0.3 is 5.69 Å². The number of anilines is 1. The molecule has 0 bridgehead atoms. The lowest BCUT2D eigenvalue weighted by atomic mass is 10.1. The van der Waals surface area contributed by atoms with Crippen molar-refractivity contribution in [2.45, 2.75) is 6.42 Å². The number of carbonyl (C=O) groups is 1. The van der Waals surface area contributed by atoms with Crippen LogP contribution in [0.2, 0.25) is 0 Å². The second-order valence-electron chi connectivity index (χ2n) is 5.05. The minimum atomic E-state index is -1.32. The fraction of sp³-hybridized carbons (Fsp3) is 0.0667. The maximum atomic E-state index is 13.5. The van der Waals surface area contributed by atoms with Crippen LogP contribution in [-0.2, 0) is 11.2 Å². The molecule has 0 aliphatic carbocycles. The molecule has 0 aliphatic rings. The number of nitrogens with one attached hydrogen (secondary N) is 2.